The van der Waals surface area contributed by atoms with E-state index in [1.165, 1.54) is 4.57 Å². The van der Waals surface area contributed by atoms with Crippen molar-refractivity contribution in [3.63, 3.8) is 0 Å². The van der Waals surface area contributed by atoms with Crippen LogP contribution in [0.4, 0.5) is 17.2 Å². The first-order valence-corrected chi connectivity index (χ1v) is 10.2. The number of halogens is 2. The van der Waals surface area contributed by atoms with Crippen LogP contribution >= 0.6 is 34.2 Å². The van der Waals surface area contributed by atoms with Crippen molar-refractivity contribution < 1.29 is 8.76 Å². The average Bonchev–Trinajstić information content (AvgIpc) is 2.50. The van der Waals surface area contributed by atoms with Crippen LogP contribution in [0.3, 0.4) is 0 Å². The van der Waals surface area contributed by atoms with Gasteiger partial charge in [0.05, 0.1) is 10.7 Å². The monoisotopic (exact) mass is 482 g/mol. The fourth-order valence-electron chi connectivity index (χ4n) is 2.08. The Bertz CT molecular complexity index is 885. The Labute approximate surface area is 160 Å². The molecular weight excluding hydrogens is 465 g/mol. The third-order valence-electron chi connectivity index (χ3n) is 3.44. The van der Waals surface area contributed by atoms with E-state index in [0.717, 1.165) is 3.57 Å². The van der Waals surface area contributed by atoms with E-state index in [9.17, 15) is 13.6 Å². The van der Waals surface area contributed by atoms with Gasteiger partial charge in [0.25, 0.3) is 5.56 Å². The number of aromatic nitrogens is 1. The Hall–Kier alpha value is -1.10. The van der Waals surface area contributed by atoms with Gasteiger partial charge in [0, 0.05) is 16.2 Å². The fraction of sp³-hybridized carbons (Fsp3) is 0.267. The highest BCUT2D eigenvalue weighted by Gasteiger charge is 2.25. The molecule has 1 heterocycles. The SMILES string of the molecule is CC[S+](=O)(O)Nc1cc(C)c(=O)n(C)c1Nc1ccc(I)cc1Cl. The molecule has 3 N–H and O–H groups in total. The molecule has 0 amide bonds. The van der Waals surface area contributed by atoms with Gasteiger partial charge in [-0.15, -0.1) is 0 Å². The quantitative estimate of drug-likeness (QED) is 0.444. The normalized spacial score (nSPS) is 13.4. The number of nitrogens with zero attached hydrogens (tertiary/aromatic N) is 1. The first-order chi connectivity index (χ1) is 11.1. The predicted molar refractivity (Wildman–Crippen MR) is 109 cm³/mol. The van der Waals surface area contributed by atoms with Crippen LogP contribution < -0.4 is 15.6 Å². The highest BCUT2D eigenvalue weighted by Crippen LogP contribution is 2.31. The topological polar surface area (TPSA) is 83.4 Å². The summed E-state index contributed by atoms with van der Waals surface area (Å²) in [5.74, 6) is 0.405. The van der Waals surface area contributed by atoms with Crippen LogP contribution in [0.1, 0.15) is 12.5 Å². The summed E-state index contributed by atoms with van der Waals surface area (Å²) in [7, 11) is -1.65. The van der Waals surface area contributed by atoms with Gasteiger partial charge in [0.1, 0.15) is 11.5 Å². The second-order valence-electron chi connectivity index (χ2n) is 5.23. The Morgan fingerprint density at radius 1 is 1.33 bits per heavy atom. The molecule has 1 unspecified atom stereocenters. The van der Waals surface area contributed by atoms with E-state index in [1.54, 1.807) is 39.1 Å². The molecule has 2 rings (SSSR count). The van der Waals surface area contributed by atoms with E-state index in [0.29, 0.717) is 27.8 Å². The lowest BCUT2D eigenvalue weighted by Crippen LogP contribution is -2.27. The maximum atomic E-state index is 12.2. The summed E-state index contributed by atoms with van der Waals surface area (Å²) in [5.41, 5.74) is 1.22. The summed E-state index contributed by atoms with van der Waals surface area (Å²) in [6, 6.07) is 6.99. The zero-order chi connectivity index (χ0) is 18.1. The van der Waals surface area contributed by atoms with Gasteiger partial charge in [-0.25, -0.2) is 0 Å². The second-order valence-corrected chi connectivity index (χ2v) is 8.95. The highest BCUT2D eigenvalue weighted by molar-refractivity contribution is 14.1. The van der Waals surface area contributed by atoms with Gasteiger partial charge >= 0.3 is 10.4 Å². The van der Waals surface area contributed by atoms with Crippen molar-refractivity contribution >= 4 is 61.8 Å². The van der Waals surface area contributed by atoms with Crippen molar-refractivity contribution in [3.05, 3.63) is 48.8 Å². The summed E-state index contributed by atoms with van der Waals surface area (Å²) in [5, 5.41) is 3.57. The van der Waals surface area contributed by atoms with Crippen LogP contribution in [0.15, 0.2) is 29.1 Å². The first-order valence-electron chi connectivity index (χ1n) is 7.09. The fourth-order valence-corrected chi connectivity index (χ4v) is 3.63. The van der Waals surface area contributed by atoms with Crippen LogP contribution in [0, 0.1) is 10.5 Å². The summed E-state index contributed by atoms with van der Waals surface area (Å²) in [6.07, 6.45) is 0. The third kappa shape index (κ3) is 4.29. The summed E-state index contributed by atoms with van der Waals surface area (Å²) in [6.45, 7) is 3.26. The van der Waals surface area contributed by atoms with Crippen LogP contribution in [-0.4, -0.2) is 14.9 Å². The van der Waals surface area contributed by atoms with E-state index in [-0.39, 0.29) is 11.3 Å². The molecule has 9 heteroatoms. The van der Waals surface area contributed by atoms with E-state index in [4.69, 9.17) is 11.6 Å². The van der Waals surface area contributed by atoms with Gasteiger partial charge in [-0.05, 0) is 64.9 Å². The Morgan fingerprint density at radius 3 is 2.58 bits per heavy atom. The van der Waals surface area contributed by atoms with Crippen molar-refractivity contribution in [1.29, 1.82) is 0 Å². The van der Waals surface area contributed by atoms with Gasteiger partial charge < -0.3 is 5.32 Å². The lowest BCUT2D eigenvalue weighted by Gasteiger charge is -2.18. The average molecular weight is 483 g/mol. The van der Waals surface area contributed by atoms with Gasteiger partial charge in [0.2, 0.25) is 0 Å². The largest absolute Gasteiger partial charge is 0.338 e. The van der Waals surface area contributed by atoms with E-state index < -0.39 is 10.4 Å². The minimum atomic E-state index is -3.24. The van der Waals surface area contributed by atoms with Crippen molar-refractivity contribution in [1.82, 2.24) is 4.57 Å². The van der Waals surface area contributed by atoms with E-state index >= 15 is 0 Å². The molecule has 1 aromatic heterocycles. The molecule has 0 aliphatic carbocycles. The Balaban J connectivity index is 2.56. The zero-order valence-electron chi connectivity index (χ0n) is 13.4. The molecule has 1 atom stereocenters. The number of hydrogen-bond donors (Lipinski definition) is 3. The maximum Gasteiger partial charge on any atom is 0.310 e. The van der Waals surface area contributed by atoms with Crippen molar-refractivity contribution in [2.45, 2.75) is 13.8 Å². The van der Waals surface area contributed by atoms with Gasteiger partial charge in [-0.1, -0.05) is 11.6 Å². The van der Waals surface area contributed by atoms with Crippen molar-refractivity contribution in [2.24, 2.45) is 7.05 Å². The number of pyridine rings is 1. The molecule has 0 radical (unpaired) electrons. The van der Waals surface area contributed by atoms with Crippen LogP contribution in [-0.2, 0) is 21.7 Å². The molecule has 0 aliphatic heterocycles. The first kappa shape index (κ1) is 19.2. The minimum absolute atomic E-state index is 0.0403. The third-order valence-corrected chi connectivity index (χ3v) is 5.74. The second kappa shape index (κ2) is 7.42. The predicted octanol–water partition coefficient (Wildman–Crippen LogP) is 4.01. The lowest BCUT2D eigenvalue weighted by atomic mass is 10.2. The molecule has 0 spiro atoms. The number of nitrogens with one attached hydrogen (secondary N) is 2. The molecule has 0 bridgehead atoms. The smallest absolute Gasteiger partial charge is 0.310 e. The maximum absolute atomic E-state index is 12.2. The van der Waals surface area contributed by atoms with E-state index in [1.807, 2.05) is 6.07 Å². The number of hydrogen-bond acceptors (Lipinski definition) is 3. The van der Waals surface area contributed by atoms with Crippen molar-refractivity contribution in [2.75, 3.05) is 15.8 Å². The standard InChI is InChI=1S/C15H17ClIN3O3S/c1-4-24(22,23)19-13-7-9(2)15(21)20(3)14(13)18-12-6-5-10(17)8-11(12)16/h5-8H,4H2,1-3H3,(H2-,18,19,21,22,23)/p+1. The molecule has 24 heavy (non-hydrogen) atoms. The van der Waals surface area contributed by atoms with E-state index in [2.05, 4.69) is 32.6 Å². The molecule has 0 saturated heterocycles. The number of aryl methyl sites for hydroxylation is 1. The molecule has 0 aliphatic rings. The Morgan fingerprint density at radius 2 is 2.00 bits per heavy atom. The number of anilines is 3. The minimum Gasteiger partial charge on any atom is -0.338 e. The molecule has 0 fully saturated rings. The zero-order valence-corrected chi connectivity index (χ0v) is 17.1. The van der Waals surface area contributed by atoms with Crippen LogP contribution in [0.25, 0.3) is 0 Å². The highest BCUT2D eigenvalue weighted by atomic mass is 127. The number of benzene rings is 1. The summed E-state index contributed by atoms with van der Waals surface area (Å²) in [4.78, 5) is 12.2. The summed E-state index contributed by atoms with van der Waals surface area (Å²) >= 11 is 8.38. The molecule has 0 saturated carbocycles. The molecular formula is C15H18ClIN3O3S+. The molecule has 1 aromatic carbocycles. The van der Waals surface area contributed by atoms with Gasteiger partial charge in [-0.3, -0.25) is 9.36 Å². The molecule has 2 aromatic rings. The van der Waals surface area contributed by atoms with Gasteiger partial charge in [-0.2, -0.15) is 9.27 Å². The number of rotatable bonds is 5. The Kier molecular flexibility index (Phi) is 5.95. The molecule has 6 nitrogen and oxygen atoms in total. The van der Waals surface area contributed by atoms with Crippen LogP contribution in [0.2, 0.25) is 5.02 Å². The van der Waals surface area contributed by atoms with Gasteiger partial charge in [0.15, 0.2) is 5.75 Å². The molecule has 130 valence electrons. The van der Waals surface area contributed by atoms with Crippen LogP contribution in [0.5, 0.6) is 0 Å². The van der Waals surface area contributed by atoms with Crippen molar-refractivity contribution in [3.8, 4) is 0 Å². The lowest BCUT2D eigenvalue weighted by molar-refractivity contribution is 0.504. The summed E-state index contributed by atoms with van der Waals surface area (Å²) < 4.78 is 26.9.